The lowest BCUT2D eigenvalue weighted by Gasteiger charge is -2.63. The molecule has 8 heteroatoms. The molecule has 0 saturated heterocycles. The molecule has 0 heterocycles. The molecule has 0 aromatic carbocycles. The number of hydrogen-bond acceptors (Lipinski definition) is 6. The van der Waals surface area contributed by atoms with Crippen molar-refractivity contribution in [2.24, 2.45) is 56.7 Å². The predicted octanol–water partition coefficient (Wildman–Crippen LogP) is 5.41. The molecule has 2 N–H and O–H groups in total. The summed E-state index contributed by atoms with van der Waals surface area (Å²) >= 11 is 0. The molecule has 0 amide bonds. The summed E-state index contributed by atoms with van der Waals surface area (Å²) in [4.78, 5) is 26.0. The summed E-state index contributed by atoms with van der Waals surface area (Å²) in [6.45, 7) is 10.6. The predicted molar refractivity (Wildman–Crippen MR) is 143 cm³/mol. The lowest BCUT2D eigenvalue weighted by molar-refractivity contribution is -0.170. The van der Waals surface area contributed by atoms with Crippen LogP contribution in [0.2, 0.25) is 0 Å². The number of carbonyl (C=O) groups excluding carboxylic acids is 2. The zero-order valence-electron chi connectivity index (χ0n) is 23.9. The molecule has 5 rings (SSSR count). The monoisotopic (exact) mass is 552 g/mol. The number of fused-ring (bicyclic) bond motifs is 2. The van der Waals surface area contributed by atoms with Crippen molar-refractivity contribution in [3.05, 3.63) is 0 Å². The Morgan fingerprint density at radius 3 is 2.26 bits per heavy atom. The largest absolute Gasteiger partial charge is 0.397 e. The summed E-state index contributed by atoms with van der Waals surface area (Å²) in [6, 6.07) is 0. The first kappa shape index (κ1) is 28.7. The van der Waals surface area contributed by atoms with Crippen LogP contribution in [0.15, 0.2) is 0 Å². The van der Waals surface area contributed by atoms with Gasteiger partial charge in [0.25, 0.3) is 0 Å². The van der Waals surface area contributed by atoms with Crippen LogP contribution in [0.5, 0.6) is 0 Å². The van der Waals surface area contributed by atoms with Gasteiger partial charge in [0.15, 0.2) is 0 Å². The topological polar surface area (TPSA) is 118 Å². The van der Waals surface area contributed by atoms with Crippen LogP contribution in [-0.4, -0.2) is 42.9 Å². The molecular formula is C30H48O7S. The standard InChI is InChI=1S/C30H48O7S/c1-19(2)14-21(32)15-20(3)22-8-10-27(5)23-6-7-24-28(17-31,18-37-38(34,35)36)25(33)9-11-29(24)16-30(23,29)13-12-26(22,27)4/h19-20,22-24,31H,6-18H2,1-5H3,(H,34,35,36)/t20-,22-,23-,24+,26-,27+,28+,29-,30+/m1/s1. The normalized spacial score (nSPS) is 46.6. The van der Waals surface area contributed by atoms with Crippen LogP contribution >= 0.6 is 0 Å². The Labute approximate surface area is 228 Å². The van der Waals surface area contributed by atoms with Gasteiger partial charge in [-0.2, -0.15) is 8.42 Å². The highest BCUT2D eigenvalue weighted by Crippen LogP contribution is 2.88. The van der Waals surface area contributed by atoms with E-state index in [0.29, 0.717) is 48.7 Å². The molecule has 0 aliphatic heterocycles. The van der Waals surface area contributed by atoms with Gasteiger partial charge in [0.1, 0.15) is 11.6 Å². The Morgan fingerprint density at radius 2 is 1.63 bits per heavy atom. The van der Waals surface area contributed by atoms with E-state index >= 15 is 0 Å². The smallest absolute Gasteiger partial charge is 0.395 e. The van der Waals surface area contributed by atoms with Gasteiger partial charge in [-0.15, -0.1) is 0 Å². The fourth-order valence-corrected chi connectivity index (χ4v) is 11.8. The minimum atomic E-state index is -4.71. The summed E-state index contributed by atoms with van der Waals surface area (Å²) in [5.41, 5.74) is -0.892. The summed E-state index contributed by atoms with van der Waals surface area (Å²) in [7, 11) is -4.71. The van der Waals surface area contributed by atoms with Gasteiger partial charge in [0.2, 0.25) is 0 Å². The maximum atomic E-state index is 13.3. The Bertz CT molecular complexity index is 1100. The van der Waals surface area contributed by atoms with Crippen LogP contribution in [0.4, 0.5) is 0 Å². The third-order valence-corrected chi connectivity index (χ3v) is 13.6. The Kier molecular flexibility index (Phi) is 6.86. The van der Waals surface area contributed by atoms with Gasteiger partial charge in [-0.25, -0.2) is 4.18 Å². The van der Waals surface area contributed by atoms with E-state index in [1.54, 1.807) is 0 Å². The van der Waals surface area contributed by atoms with Gasteiger partial charge in [0, 0.05) is 19.3 Å². The van der Waals surface area contributed by atoms with Gasteiger partial charge in [0.05, 0.1) is 18.6 Å². The maximum Gasteiger partial charge on any atom is 0.397 e. The van der Waals surface area contributed by atoms with Gasteiger partial charge in [-0.05, 0) is 103 Å². The van der Waals surface area contributed by atoms with Gasteiger partial charge in [-0.1, -0.05) is 34.6 Å². The number of aliphatic hydroxyl groups excluding tert-OH is 1. The van der Waals surface area contributed by atoms with E-state index in [1.807, 2.05) is 0 Å². The van der Waals surface area contributed by atoms with E-state index < -0.39 is 29.0 Å². The molecule has 0 aromatic rings. The molecule has 5 aliphatic carbocycles. The summed E-state index contributed by atoms with van der Waals surface area (Å²) in [5.74, 6) is 1.95. The van der Waals surface area contributed by atoms with E-state index in [-0.39, 0.29) is 33.4 Å². The van der Waals surface area contributed by atoms with Gasteiger partial charge in [-0.3, -0.25) is 14.1 Å². The molecule has 5 saturated carbocycles. The van der Waals surface area contributed by atoms with Crippen LogP contribution in [0.1, 0.15) is 105 Å². The number of hydrogen-bond donors (Lipinski definition) is 2. The second kappa shape index (κ2) is 9.09. The molecule has 0 aromatic heterocycles. The maximum absolute atomic E-state index is 13.3. The van der Waals surface area contributed by atoms with Crippen molar-refractivity contribution >= 4 is 22.0 Å². The van der Waals surface area contributed by atoms with E-state index in [2.05, 4.69) is 34.6 Å². The van der Waals surface area contributed by atoms with Crippen LogP contribution in [0, 0.1) is 56.7 Å². The minimum absolute atomic E-state index is 0.0730. The zero-order chi connectivity index (χ0) is 27.9. The first-order chi connectivity index (χ1) is 17.6. The molecule has 0 bridgehead atoms. The Morgan fingerprint density at radius 1 is 0.974 bits per heavy atom. The molecule has 7 nitrogen and oxygen atoms in total. The van der Waals surface area contributed by atoms with Crippen molar-refractivity contribution in [3.8, 4) is 0 Å². The summed E-state index contributed by atoms with van der Waals surface area (Å²) in [6.07, 6.45) is 9.77. The van der Waals surface area contributed by atoms with E-state index in [1.165, 1.54) is 6.42 Å². The average molecular weight is 553 g/mol. The number of carbonyl (C=O) groups is 2. The number of rotatable bonds is 9. The highest BCUT2D eigenvalue weighted by Gasteiger charge is 2.83. The quantitative estimate of drug-likeness (QED) is 0.367. The lowest BCUT2D eigenvalue weighted by atomic mass is 9.41. The second-order valence-electron chi connectivity index (χ2n) is 14.9. The third-order valence-electron chi connectivity index (χ3n) is 13.2. The average Bonchev–Trinajstić information content (AvgIpc) is 3.40. The zero-order valence-corrected chi connectivity index (χ0v) is 24.7. The van der Waals surface area contributed by atoms with E-state index in [0.717, 1.165) is 44.9 Å². The van der Waals surface area contributed by atoms with Crippen molar-refractivity contribution in [1.29, 1.82) is 0 Å². The fraction of sp³-hybridized carbons (Fsp3) is 0.933. The minimum Gasteiger partial charge on any atom is -0.395 e. The highest BCUT2D eigenvalue weighted by molar-refractivity contribution is 7.80. The Balaban J connectivity index is 1.41. The fourth-order valence-electron chi connectivity index (χ4n) is 11.4. The van der Waals surface area contributed by atoms with Crippen molar-refractivity contribution in [3.63, 3.8) is 0 Å². The molecule has 38 heavy (non-hydrogen) atoms. The molecule has 5 fully saturated rings. The van der Waals surface area contributed by atoms with Gasteiger partial charge < -0.3 is 5.11 Å². The van der Waals surface area contributed by atoms with Crippen molar-refractivity contribution in [1.82, 2.24) is 0 Å². The van der Waals surface area contributed by atoms with Crippen LogP contribution in [-0.2, 0) is 24.2 Å². The van der Waals surface area contributed by atoms with Crippen molar-refractivity contribution in [2.75, 3.05) is 13.2 Å². The molecule has 5 aliphatic rings. The van der Waals surface area contributed by atoms with E-state index in [4.69, 9.17) is 4.18 Å². The Hall–Kier alpha value is -0.830. The number of aliphatic hydroxyl groups is 1. The second-order valence-corrected chi connectivity index (χ2v) is 16.0. The van der Waals surface area contributed by atoms with Crippen LogP contribution in [0.3, 0.4) is 0 Å². The summed E-state index contributed by atoms with van der Waals surface area (Å²) < 4.78 is 37.0. The molecule has 2 spiro atoms. The third kappa shape index (κ3) is 3.86. The number of ketones is 2. The highest BCUT2D eigenvalue weighted by atomic mass is 32.3. The number of Topliss-reactive ketones (excluding diaryl/α,β-unsaturated/α-hetero) is 2. The van der Waals surface area contributed by atoms with Crippen molar-refractivity contribution < 1.29 is 31.8 Å². The SMILES string of the molecule is CC(C)CC(=O)C[C@@H](C)[C@H]1CC[C@@]2(C)[C@H]3CC[C@H]4[C@](CO)(COS(=O)(=O)O)C(=O)CC[C@@]45C[C@@]35CC[C@]12C. The lowest BCUT2D eigenvalue weighted by Crippen LogP contribution is -2.60. The van der Waals surface area contributed by atoms with Crippen molar-refractivity contribution in [2.45, 2.75) is 105 Å². The van der Waals surface area contributed by atoms with Crippen LogP contribution < -0.4 is 0 Å². The molecule has 0 unspecified atom stereocenters. The van der Waals surface area contributed by atoms with E-state index in [9.17, 15) is 27.7 Å². The molecule has 216 valence electrons. The molecular weight excluding hydrogens is 504 g/mol. The van der Waals surface area contributed by atoms with Gasteiger partial charge >= 0.3 is 10.4 Å². The first-order valence-corrected chi connectivity index (χ1v) is 16.2. The first-order valence-electron chi connectivity index (χ1n) is 14.9. The molecule has 9 atom stereocenters. The summed E-state index contributed by atoms with van der Waals surface area (Å²) in [5, 5.41) is 10.5. The molecule has 0 radical (unpaired) electrons. The van der Waals surface area contributed by atoms with Crippen LogP contribution in [0.25, 0.3) is 0 Å².